The Morgan fingerprint density at radius 1 is 1.38 bits per heavy atom. The van der Waals surface area contributed by atoms with Crippen LogP contribution in [0.2, 0.25) is 0 Å². The fraction of sp³-hybridized carbons (Fsp3) is 0.571. The fourth-order valence-corrected chi connectivity index (χ4v) is 1.92. The van der Waals surface area contributed by atoms with Crippen LogP contribution in [0.4, 0.5) is 5.69 Å². The van der Waals surface area contributed by atoms with Crippen LogP contribution in [-0.4, -0.2) is 12.6 Å². The molecule has 1 aliphatic heterocycles. The van der Waals surface area contributed by atoms with Gasteiger partial charge in [0.05, 0.1) is 12.2 Å². The molecular formula is C14H21NO. The Morgan fingerprint density at radius 3 is 2.75 bits per heavy atom. The highest BCUT2D eigenvalue weighted by atomic mass is 16.5. The molecule has 0 spiro atoms. The van der Waals surface area contributed by atoms with Gasteiger partial charge in [-0.25, -0.2) is 0 Å². The highest BCUT2D eigenvalue weighted by Gasteiger charge is 2.30. The third-order valence-corrected chi connectivity index (χ3v) is 3.17. The second-order valence-corrected chi connectivity index (χ2v) is 5.54. The summed E-state index contributed by atoms with van der Waals surface area (Å²) < 4.78 is 6.03. The minimum Gasteiger partial charge on any atom is -0.486 e. The molecule has 1 N–H and O–H groups in total. The molecule has 1 aromatic carbocycles. The van der Waals surface area contributed by atoms with Crippen molar-refractivity contribution >= 4 is 5.69 Å². The number of benzene rings is 1. The molecule has 0 saturated heterocycles. The first-order chi connectivity index (χ1) is 7.50. The summed E-state index contributed by atoms with van der Waals surface area (Å²) in [6.07, 6.45) is 1.31. The molecule has 0 fully saturated rings. The van der Waals surface area contributed by atoms with E-state index in [0.29, 0.717) is 0 Å². The van der Waals surface area contributed by atoms with Gasteiger partial charge in [0.15, 0.2) is 0 Å². The van der Waals surface area contributed by atoms with E-state index in [4.69, 9.17) is 4.74 Å². The van der Waals surface area contributed by atoms with Gasteiger partial charge < -0.3 is 10.1 Å². The molecule has 0 aliphatic carbocycles. The highest BCUT2D eigenvalue weighted by Crippen LogP contribution is 2.34. The predicted molar refractivity (Wildman–Crippen MR) is 68.2 cm³/mol. The van der Waals surface area contributed by atoms with Gasteiger partial charge in [-0.15, -0.1) is 0 Å². The molecule has 2 heteroatoms. The number of hydrogen-bond acceptors (Lipinski definition) is 2. The molecule has 0 bridgehead atoms. The monoisotopic (exact) mass is 219 g/mol. The van der Waals surface area contributed by atoms with Crippen molar-refractivity contribution in [1.82, 2.24) is 0 Å². The molecule has 16 heavy (non-hydrogen) atoms. The standard InChI is InChI=1S/C14H21NO/c1-5-10-6-7-12-11(8-10)15-9-13(16-12)14(2,3)4/h6-8,13,15H,5,9H2,1-4H3. The number of anilines is 1. The third kappa shape index (κ3) is 2.16. The van der Waals surface area contributed by atoms with E-state index in [1.54, 1.807) is 0 Å². The first-order valence-corrected chi connectivity index (χ1v) is 6.04. The molecule has 2 nitrogen and oxygen atoms in total. The smallest absolute Gasteiger partial charge is 0.142 e. The van der Waals surface area contributed by atoms with E-state index in [-0.39, 0.29) is 11.5 Å². The van der Waals surface area contributed by atoms with Crippen LogP contribution < -0.4 is 10.1 Å². The Balaban J connectivity index is 2.22. The van der Waals surface area contributed by atoms with Crippen LogP contribution >= 0.6 is 0 Å². The molecule has 88 valence electrons. The van der Waals surface area contributed by atoms with E-state index < -0.39 is 0 Å². The molecule has 1 atom stereocenters. The van der Waals surface area contributed by atoms with Gasteiger partial charge in [0, 0.05) is 5.41 Å². The first kappa shape index (κ1) is 11.3. The van der Waals surface area contributed by atoms with Crippen molar-refractivity contribution < 1.29 is 4.74 Å². The number of nitrogens with one attached hydrogen (secondary N) is 1. The summed E-state index contributed by atoms with van der Waals surface area (Å²) >= 11 is 0. The van der Waals surface area contributed by atoms with Gasteiger partial charge in [-0.1, -0.05) is 33.8 Å². The molecule has 1 aliphatic rings. The molecule has 2 rings (SSSR count). The minimum atomic E-state index is 0.175. The number of rotatable bonds is 1. The summed E-state index contributed by atoms with van der Waals surface area (Å²) in [6, 6.07) is 6.42. The van der Waals surface area contributed by atoms with Gasteiger partial charge in [0.2, 0.25) is 0 Å². The Bertz CT molecular complexity index is 379. The fourth-order valence-electron chi connectivity index (χ4n) is 1.92. The number of hydrogen-bond donors (Lipinski definition) is 1. The van der Waals surface area contributed by atoms with Crippen molar-refractivity contribution in [1.29, 1.82) is 0 Å². The molecule has 0 saturated carbocycles. The normalized spacial score (nSPS) is 19.6. The van der Waals surface area contributed by atoms with E-state index in [1.165, 1.54) is 5.56 Å². The topological polar surface area (TPSA) is 21.3 Å². The molecule has 0 aromatic heterocycles. The Labute approximate surface area is 98.0 Å². The zero-order chi connectivity index (χ0) is 11.8. The maximum atomic E-state index is 6.03. The van der Waals surface area contributed by atoms with Gasteiger partial charge in [-0.3, -0.25) is 0 Å². The molecular weight excluding hydrogens is 198 g/mol. The van der Waals surface area contributed by atoms with Crippen LogP contribution in [0, 0.1) is 5.41 Å². The van der Waals surface area contributed by atoms with Crippen molar-refractivity contribution in [3.8, 4) is 5.75 Å². The van der Waals surface area contributed by atoms with Crippen LogP contribution in [0.1, 0.15) is 33.3 Å². The van der Waals surface area contributed by atoms with Crippen molar-refractivity contribution in [2.45, 2.75) is 40.2 Å². The van der Waals surface area contributed by atoms with Crippen molar-refractivity contribution in [2.75, 3.05) is 11.9 Å². The molecule has 1 aromatic rings. The minimum absolute atomic E-state index is 0.175. The van der Waals surface area contributed by atoms with E-state index in [9.17, 15) is 0 Å². The summed E-state index contributed by atoms with van der Waals surface area (Å²) in [6.45, 7) is 9.70. The van der Waals surface area contributed by atoms with Crippen LogP contribution in [-0.2, 0) is 6.42 Å². The zero-order valence-corrected chi connectivity index (χ0v) is 10.6. The van der Waals surface area contributed by atoms with Gasteiger partial charge in [-0.2, -0.15) is 0 Å². The summed E-state index contributed by atoms with van der Waals surface area (Å²) in [5.74, 6) is 0.989. The van der Waals surface area contributed by atoms with E-state index >= 15 is 0 Å². The zero-order valence-electron chi connectivity index (χ0n) is 10.6. The lowest BCUT2D eigenvalue weighted by atomic mass is 9.88. The quantitative estimate of drug-likeness (QED) is 0.781. The molecule has 0 amide bonds. The van der Waals surface area contributed by atoms with Crippen LogP contribution in [0.5, 0.6) is 5.75 Å². The predicted octanol–water partition coefficient (Wildman–Crippen LogP) is 3.47. The lowest BCUT2D eigenvalue weighted by Crippen LogP contribution is -2.41. The number of aryl methyl sites for hydroxylation is 1. The van der Waals surface area contributed by atoms with Crippen molar-refractivity contribution in [2.24, 2.45) is 5.41 Å². The van der Waals surface area contributed by atoms with E-state index in [0.717, 1.165) is 24.4 Å². The Hall–Kier alpha value is -1.18. The number of fused-ring (bicyclic) bond motifs is 1. The van der Waals surface area contributed by atoms with Crippen LogP contribution in [0.15, 0.2) is 18.2 Å². The van der Waals surface area contributed by atoms with Gasteiger partial charge >= 0.3 is 0 Å². The summed E-state index contributed by atoms with van der Waals surface area (Å²) in [5, 5.41) is 3.47. The lowest BCUT2D eigenvalue weighted by molar-refractivity contribution is 0.0922. The Morgan fingerprint density at radius 2 is 2.12 bits per heavy atom. The van der Waals surface area contributed by atoms with E-state index in [2.05, 4.69) is 51.2 Å². The first-order valence-electron chi connectivity index (χ1n) is 6.04. The summed E-state index contributed by atoms with van der Waals surface area (Å²) in [4.78, 5) is 0. The largest absolute Gasteiger partial charge is 0.486 e. The molecule has 1 unspecified atom stereocenters. The second-order valence-electron chi connectivity index (χ2n) is 5.54. The summed E-state index contributed by atoms with van der Waals surface area (Å²) in [5.41, 5.74) is 2.66. The summed E-state index contributed by atoms with van der Waals surface area (Å²) in [7, 11) is 0. The molecule has 0 radical (unpaired) electrons. The molecule has 1 heterocycles. The maximum Gasteiger partial charge on any atom is 0.142 e. The van der Waals surface area contributed by atoms with E-state index in [1.807, 2.05) is 0 Å². The van der Waals surface area contributed by atoms with Crippen LogP contribution in [0.25, 0.3) is 0 Å². The van der Waals surface area contributed by atoms with Crippen molar-refractivity contribution in [3.63, 3.8) is 0 Å². The average Bonchev–Trinajstić information content (AvgIpc) is 2.26. The van der Waals surface area contributed by atoms with Gasteiger partial charge in [0.1, 0.15) is 11.9 Å². The second kappa shape index (κ2) is 4.00. The van der Waals surface area contributed by atoms with Gasteiger partial charge in [-0.05, 0) is 24.1 Å². The third-order valence-electron chi connectivity index (χ3n) is 3.17. The Kier molecular flexibility index (Phi) is 2.83. The lowest BCUT2D eigenvalue weighted by Gasteiger charge is -2.36. The number of ether oxygens (including phenoxy) is 1. The van der Waals surface area contributed by atoms with Crippen LogP contribution in [0.3, 0.4) is 0 Å². The average molecular weight is 219 g/mol. The highest BCUT2D eigenvalue weighted by molar-refractivity contribution is 5.59. The SMILES string of the molecule is CCc1ccc2c(c1)NCC(C(C)(C)C)O2. The van der Waals surface area contributed by atoms with Crippen molar-refractivity contribution in [3.05, 3.63) is 23.8 Å². The maximum absolute atomic E-state index is 6.03. The van der Waals surface area contributed by atoms with Gasteiger partial charge in [0.25, 0.3) is 0 Å².